The van der Waals surface area contributed by atoms with Crippen LogP contribution in [0.1, 0.15) is 32.6 Å². The molecule has 0 saturated heterocycles. The SMILES string of the molecule is CCCCCC(=O)NC(=S)Nc1ccc(S(=O)(=O)Nc2ccccc2)cc1. The smallest absolute Gasteiger partial charge is 0.261 e. The Kier molecular flexibility index (Phi) is 7.75. The summed E-state index contributed by atoms with van der Waals surface area (Å²) >= 11 is 5.11. The molecule has 6 nitrogen and oxygen atoms in total. The molecule has 2 aromatic rings. The van der Waals surface area contributed by atoms with Gasteiger partial charge in [-0.2, -0.15) is 0 Å². The van der Waals surface area contributed by atoms with Crippen molar-refractivity contribution in [1.82, 2.24) is 5.32 Å². The molecule has 3 N–H and O–H groups in total. The molecule has 27 heavy (non-hydrogen) atoms. The average Bonchev–Trinajstić information content (AvgIpc) is 2.62. The van der Waals surface area contributed by atoms with Crippen LogP contribution in [0.5, 0.6) is 0 Å². The predicted molar refractivity (Wildman–Crippen MR) is 112 cm³/mol. The van der Waals surface area contributed by atoms with Crippen molar-refractivity contribution in [3.8, 4) is 0 Å². The fourth-order valence-corrected chi connectivity index (χ4v) is 3.62. The van der Waals surface area contributed by atoms with Gasteiger partial charge in [0.25, 0.3) is 10.0 Å². The Morgan fingerprint density at radius 3 is 2.26 bits per heavy atom. The van der Waals surface area contributed by atoms with Gasteiger partial charge in [0.1, 0.15) is 0 Å². The van der Waals surface area contributed by atoms with E-state index in [2.05, 4.69) is 22.3 Å². The van der Waals surface area contributed by atoms with E-state index in [4.69, 9.17) is 12.2 Å². The van der Waals surface area contributed by atoms with Crippen LogP contribution >= 0.6 is 12.2 Å². The molecule has 0 radical (unpaired) electrons. The van der Waals surface area contributed by atoms with Crippen molar-refractivity contribution in [2.24, 2.45) is 0 Å². The number of benzene rings is 2. The van der Waals surface area contributed by atoms with Gasteiger partial charge in [0.05, 0.1) is 4.90 Å². The van der Waals surface area contributed by atoms with Crippen LogP contribution in [0.15, 0.2) is 59.5 Å². The van der Waals surface area contributed by atoms with Gasteiger partial charge in [0.15, 0.2) is 5.11 Å². The molecular formula is C19H23N3O3S2. The van der Waals surface area contributed by atoms with Crippen molar-refractivity contribution in [3.05, 3.63) is 54.6 Å². The fourth-order valence-electron chi connectivity index (χ4n) is 2.32. The number of rotatable bonds is 8. The van der Waals surface area contributed by atoms with E-state index in [1.165, 1.54) is 12.1 Å². The van der Waals surface area contributed by atoms with Crippen molar-refractivity contribution in [3.63, 3.8) is 0 Å². The van der Waals surface area contributed by atoms with Crippen LogP contribution in [0, 0.1) is 0 Å². The number of unbranched alkanes of at least 4 members (excludes halogenated alkanes) is 2. The van der Waals surface area contributed by atoms with Gasteiger partial charge >= 0.3 is 0 Å². The highest BCUT2D eigenvalue weighted by Crippen LogP contribution is 2.18. The van der Waals surface area contributed by atoms with Crippen LogP contribution in [0.3, 0.4) is 0 Å². The monoisotopic (exact) mass is 405 g/mol. The molecule has 0 aliphatic rings. The van der Waals surface area contributed by atoms with Crippen molar-refractivity contribution in [1.29, 1.82) is 0 Å². The molecule has 0 aliphatic carbocycles. The lowest BCUT2D eigenvalue weighted by molar-refractivity contribution is -0.119. The first kappa shape index (κ1) is 20.9. The van der Waals surface area contributed by atoms with Crippen molar-refractivity contribution in [2.45, 2.75) is 37.5 Å². The third kappa shape index (κ3) is 6.99. The minimum atomic E-state index is -3.67. The fraction of sp³-hybridized carbons (Fsp3) is 0.263. The van der Waals surface area contributed by atoms with E-state index in [0.29, 0.717) is 17.8 Å². The number of amides is 1. The standard InChI is InChI=1S/C19H23N3O3S2/c1-2-3-5-10-18(23)21-19(26)20-15-11-13-17(14-12-15)27(24,25)22-16-8-6-4-7-9-16/h4,6-9,11-14,22H,2-3,5,10H2,1H3,(H2,20,21,23,26). The second kappa shape index (κ2) is 10.0. The van der Waals surface area contributed by atoms with Gasteiger partial charge in [0.2, 0.25) is 5.91 Å². The summed E-state index contributed by atoms with van der Waals surface area (Å²) in [6.07, 6.45) is 3.30. The number of hydrogen-bond donors (Lipinski definition) is 3. The third-order valence-electron chi connectivity index (χ3n) is 3.71. The minimum Gasteiger partial charge on any atom is -0.332 e. The largest absolute Gasteiger partial charge is 0.332 e. The summed E-state index contributed by atoms with van der Waals surface area (Å²) in [4.78, 5) is 11.9. The van der Waals surface area contributed by atoms with Crippen LogP contribution in [-0.4, -0.2) is 19.4 Å². The molecule has 0 aliphatic heterocycles. The van der Waals surface area contributed by atoms with E-state index >= 15 is 0 Å². The highest BCUT2D eigenvalue weighted by molar-refractivity contribution is 7.92. The maximum atomic E-state index is 12.4. The molecule has 0 heterocycles. The molecule has 0 unspecified atom stereocenters. The summed E-state index contributed by atoms with van der Waals surface area (Å²) in [5.41, 5.74) is 1.08. The van der Waals surface area contributed by atoms with E-state index in [1.54, 1.807) is 36.4 Å². The summed E-state index contributed by atoms with van der Waals surface area (Å²) in [7, 11) is -3.67. The molecule has 0 atom stereocenters. The van der Waals surface area contributed by atoms with Crippen LogP contribution in [-0.2, 0) is 14.8 Å². The summed E-state index contributed by atoms with van der Waals surface area (Å²) in [6.45, 7) is 2.07. The zero-order valence-electron chi connectivity index (χ0n) is 15.1. The van der Waals surface area contributed by atoms with E-state index in [0.717, 1.165) is 19.3 Å². The lowest BCUT2D eigenvalue weighted by Gasteiger charge is -2.11. The molecule has 2 aromatic carbocycles. The second-order valence-electron chi connectivity index (χ2n) is 5.96. The first-order chi connectivity index (χ1) is 12.9. The normalized spacial score (nSPS) is 10.9. The Balaban J connectivity index is 1.92. The number of carbonyl (C=O) groups excluding carboxylic acids is 1. The van der Waals surface area contributed by atoms with E-state index in [1.807, 2.05) is 6.07 Å². The zero-order chi connectivity index (χ0) is 19.7. The van der Waals surface area contributed by atoms with Crippen LogP contribution in [0.25, 0.3) is 0 Å². The number of thiocarbonyl (C=S) groups is 1. The molecule has 0 saturated carbocycles. The van der Waals surface area contributed by atoms with E-state index < -0.39 is 10.0 Å². The molecular weight excluding hydrogens is 382 g/mol. The highest BCUT2D eigenvalue weighted by Gasteiger charge is 2.14. The number of anilines is 2. The number of carbonyl (C=O) groups is 1. The van der Waals surface area contributed by atoms with Gasteiger partial charge in [-0.3, -0.25) is 9.52 Å². The molecule has 0 aromatic heterocycles. The first-order valence-corrected chi connectivity index (χ1v) is 10.6. The Labute approximate surface area is 165 Å². The average molecular weight is 406 g/mol. The Morgan fingerprint density at radius 2 is 1.63 bits per heavy atom. The summed E-state index contributed by atoms with van der Waals surface area (Å²) in [5.74, 6) is -0.132. The van der Waals surface area contributed by atoms with Crippen LogP contribution < -0.4 is 15.4 Å². The number of hydrogen-bond acceptors (Lipinski definition) is 4. The summed E-state index contributed by atoms with van der Waals surface area (Å²) in [6, 6.07) is 14.8. The number of nitrogens with one attached hydrogen (secondary N) is 3. The maximum Gasteiger partial charge on any atom is 0.261 e. The van der Waals surface area contributed by atoms with Crippen LogP contribution in [0.2, 0.25) is 0 Å². The molecule has 0 spiro atoms. The quantitative estimate of drug-likeness (QED) is 0.458. The first-order valence-electron chi connectivity index (χ1n) is 8.69. The topological polar surface area (TPSA) is 87.3 Å². The molecule has 0 fully saturated rings. The molecule has 2 rings (SSSR count). The number of para-hydroxylation sites is 1. The van der Waals surface area contributed by atoms with E-state index in [-0.39, 0.29) is 15.9 Å². The second-order valence-corrected chi connectivity index (χ2v) is 8.05. The lowest BCUT2D eigenvalue weighted by atomic mass is 10.2. The molecule has 1 amide bonds. The van der Waals surface area contributed by atoms with Gasteiger partial charge < -0.3 is 10.6 Å². The molecule has 8 heteroatoms. The Hall–Kier alpha value is -2.45. The maximum absolute atomic E-state index is 12.4. The van der Waals surface area contributed by atoms with Crippen LogP contribution in [0.4, 0.5) is 11.4 Å². The highest BCUT2D eigenvalue weighted by atomic mass is 32.2. The van der Waals surface area contributed by atoms with Crippen molar-refractivity contribution >= 4 is 44.6 Å². The summed E-state index contributed by atoms with van der Waals surface area (Å²) in [5, 5.41) is 5.68. The van der Waals surface area contributed by atoms with Gasteiger partial charge in [-0.25, -0.2) is 8.42 Å². The van der Waals surface area contributed by atoms with Crippen molar-refractivity contribution < 1.29 is 13.2 Å². The predicted octanol–water partition coefficient (Wildman–Crippen LogP) is 3.88. The third-order valence-corrected chi connectivity index (χ3v) is 5.31. The minimum absolute atomic E-state index is 0.131. The van der Waals surface area contributed by atoms with E-state index in [9.17, 15) is 13.2 Å². The Morgan fingerprint density at radius 1 is 0.963 bits per heavy atom. The zero-order valence-corrected chi connectivity index (χ0v) is 16.7. The van der Waals surface area contributed by atoms with Gasteiger partial charge in [-0.1, -0.05) is 38.0 Å². The Bertz CT molecular complexity index is 867. The van der Waals surface area contributed by atoms with Gasteiger partial charge in [-0.15, -0.1) is 0 Å². The number of sulfonamides is 1. The molecule has 0 bridgehead atoms. The van der Waals surface area contributed by atoms with Gasteiger partial charge in [-0.05, 0) is 55.0 Å². The lowest BCUT2D eigenvalue weighted by Crippen LogP contribution is -2.33. The molecule has 144 valence electrons. The summed E-state index contributed by atoms with van der Waals surface area (Å²) < 4.78 is 27.3. The van der Waals surface area contributed by atoms with Crippen molar-refractivity contribution in [2.75, 3.05) is 10.0 Å². The van der Waals surface area contributed by atoms with Gasteiger partial charge in [0, 0.05) is 17.8 Å².